The van der Waals surface area contributed by atoms with Crippen LogP contribution in [0.2, 0.25) is 0 Å². The molecule has 0 fully saturated rings. The summed E-state index contributed by atoms with van der Waals surface area (Å²) in [6.07, 6.45) is 1.11. The summed E-state index contributed by atoms with van der Waals surface area (Å²) in [4.78, 5) is 9.89. The van der Waals surface area contributed by atoms with Crippen molar-refractivity contribution >= 4 is 13.7 Å². The molecular formula is C5H11O3P. The number of hydrogen-bond acceptors (Lipinski definition) is 3. The van der Waals surface area contributed by atoms with Gasteiger partial charge in [0.1, 0.15) is 6.29 Å². The lowest BCUT2D eigenvalue weighted by Crippen LogP contribution is -1.95. The number of carbonyl (C=O) groups is 1. The van der Waals surface area contributed by atoms with E-state index in [2.05, 4.69) is 4.52 Å². The molecule has 1 atom stereocenters. The zero-order valence-corrected chi connectivity index (χ0v) is 6.56. The molecule has 54 valence electrons. The molecule has 3 nitrogen and oxygen atoms in total. The molecule has 0 aliphatic heterocycles. The topological polar surface area (TPSA) is 43.4 Å². The molecule has 4 heteroatoms. The molecule has 0 aromatic carbocycles. The molecule has 0 spiro atoms. The normalized spacial score (nSPS) is 16.7. The van der Waals surface area contributed by atoms with Crippen LogP contribution in [0.4, 0.5) is 0 Å². The molecule has 0 N–H and O–H groups in total. The summed E-state index contributed by atoms with van der Waals surface area (Å²) in [5, 5.41) is 0. The zero-order chi connectivity index (χ0) is 7.33. The summed E-state index contributed by atoms with van der Waals surface area (Å²) < 4.78 is 15.7. The smallest absolute Gasteiger partial charge is 0.209 e. The van der Waals surface area contributed by atoms with E-state index < -0.39 is 7.37 Å². The largest absolute Gasteiger partial charge is 0.332 e. The van der Waals surface area contributed by atoms with E-state index >= 15 is 0 Å². The fourth-order valence-electron chi connectivity index (χ4n) is 0.446. The molecule has 1 unspecified atom stereocenters. The van der Waals surface area contributed by atoms with Crippen molar-refractivity contribution in [3.63, 3.8) is 0 Å². The molecule has 9 heavy (non-hydrogen) atoms. The second-order valence-electron chi connectivity index (χ2n) is 1.66. The average Bonchev–Trinajstić information content (AvgIpc) is 1.89. The third kappa shape index (κ3) is 2.78. The van der Waals surface area contributed by atoms with E-state index in [1.807, 2.05) is 0 Å². The summed E-state index contributed by atoms with van der Waals surface area (Å²) in [6, 6.07) is 0. The Morgan fingerprint density at radius 2 is 2.22 bits per heavy atom. The molecule has 0 heterocycles. The van der Waals surface area contributed by atoms with Gasteiger partial charge >= 0.3 is 0 Å². The van der Waals surface area contributed by atoms with Crippen LogP contribution in [-0.2, 0) is 13.9 Å². The standard InChI is InChI=1S/C5H11O3P/c1-3-9(7,8-2)5-4-6/h4H,3,5H2,1-2H3. The van der Waals surface area contributed by atoms with Crippen molar-refractivity contribution in [3.8, 4) is 0 Å². The minimum atomic E-state index is -2.55. The quantitative estimate of drug-likeness (QED) is 0.445. The first-order valence-electron chi connectivity index (χ1n) is 2.76. The van der Waals surface area contributed by atoms with Gasteiger partial charge in [0.05, 0.1) is 6.16 Å². The SMILES string of the molecule is CCP(=O)(CC=O)OC. The molecule has 0 amide bonds. The Balaban J connectivity index is 3.93. The van der Waals surface area contributed by atoms with Crippen LogP contribution >= 0.6 is 7.37 Å². The van der Waals surface area contributed by atoms with E-state index in [0.717, 1.165) is 0 Å². The molecular weight excluding hydrogens is 139 g/mol. The predicted octanol–water partition coefficient (Wildman–Crippen LogP) is 1.13. The van der Waals surface area contributed by atoms with Crippen molar-refractivity contribution < 1.29 is 13.9 Å². The monoisotopic (exact) mass is 150 g/mol. The van der Waals surface area contributed by atoms with Gasteiger partial charge in [-0.25, -0.2) is 0 Å². The third-order valence-electron chi connectivity index (χ3n) is 1.17. The van der Waals surface area contributed by atoms with Crippen molar-refractivity contribution in [2.24, 2.45) is 0 Å². The molecule has 0 aromatic rings. The highest BCUT2D eigenvalue weighted by molar-refractivity contribution is 7.59. The molecule has 0 radical (unpaired) electrons. The van der Waals surface area contributed by atoms with E-state index in [1.165, 1.54) is 7.11 Å². The van der Waals surface area contributed by atoms with Crippen molar-refractivity contribution in [2.75, 3.05) is 19.4 Å². The van der Waals surface area contributed by atoms with Crippen LogP contribution in [-0.4, -0.2) is 25.7 Å². The van der Waals surface area contributed by atoms with Crippen LogP contribution < -0.4 is 0 Å². The molecule has 0 saturated carbocycles. The summed E-state index contributed by atoms with van der Waals surface area (Å²) in [7, 11) is -1.18. The van der Waals surface area contributed by atoms with Gasteiger partial charge in [-0.2, -0.15) is 0 Å². The van der Waals surface area contributed by atoms with Crippen molar-refractivity contribution in [3.05, 3.63) is 0 Å². The van der Waals surface area contributed by atoms with Crippen LogP contribution in [0.1, 0.15) is 6.92 Å². The van der Waals surface area contributed by atoms with Gasteiger partial charge in [-0.05, 0) is 0 Å². The fourth-order valence-corrected chi connectivity index (χ4v) is 1.34. The Labute approximate surface area is 54.9 Å². The van der Waals surface area contributed by atoms with Crippen LogP contribution in [0, 0.1) is 0 Å². The van der Waals surface area contributed by atoms with Gasteiger partial charge in [0.25, 0.3) is 0 Å². The Kier molecular flexibility index (Phi) is 3.75. The molecule has 0 bridgehead atoms. The van der Waals surface area contributed by atoms with Crippen molar-refractivity contribution in [2.45, 2.75) is 6.92 Å². The number of aldehydes is 1. The second kappa shape index (κ2) is 3.80. The van der Waals surface area contributed by atoms with Gasteiger partial charge in [0, 0.05) is 13.3 Å². The maximum absolute atomic E-state index is 11.1. The van der Waals surface area contributed by atoms with Crippen LogP contribution in [0.15, 0.2) is 0 Å². The van der Waals surface area contributed by atoms with Crippen LogP contribution in [0.3, 0.4) is 0 Å². The van der Waals surface area contributed by atoms with Gasteiger partial charge in [0.15, 0.2) is 0 Å². The van der Waals surface area contributed by atoms with E-state index in [4.69, 9.17) is 0 Å². The van der Waals surface area contributed by atoms with E-state index in [0.29, 0.717) is 12.4 Å². The molecule has 0 rings (SSSR count). The fraction of sp³-hybridized carbons (Fsp3) is 0.800. The zero-order valence-electron chi connectivity index (χ0n) is 5.66. The minimum absolute atomic E-state index is 0.0417. The summed E-state index contributed by atoms with van der Waals surface area (Å²) in [6.45, 7) is 1.74. The first-order chi connectivity index (χ1) is 4.18. The molecule has 0 aliphatic carbocycles. The van der Waals surface area contributed by atoms with Gasteiger partial charge in [-0.15, -0.1) is 0 Å². The van der Waals surface area contributed by atoms with E-state index in [1.54, 1.807) is 6.92 Å². The lowest BCUT2D eigenvalue weighted by atomic mass is 10.9. The lowest BCUT2D eigenvalue weighted by Gasteiger charge is -2.08. The van der Waals surface area contributed by atoms with Crippen LogP contribution in [0.5, 0.6) is 0 Å². The van der Waals surface area contributed by atoms with E-state index in [9.17, 15) is 9.36 Å². The van der Waals surface area contributed by atoms with Gasteiger partial charge < -0.3 is 9.32 Å². The predicted molar refractivity (Wildman–Crippen MR) is 36.1 cm³/mol. The Hall–Kier alpha value is -0.140. The average molecular weight is 150 g/mol. The number of rotatable bonds is 4. The van der Waals surface area contributed by atoms with E-state index in [-0.39, 0.29) is 6.16 Å². The van der Waals surface area contributed by atoms with Crippen molar-refractivity contribution in [1.29, 1.82) is 0 Å². The Morgan fingerprint density at radius 3 is 2.33 bits per heavy atom. The third-order valence-corrected chi connectivity index (χ3v) is 3.50. The van der Waals surface area contributed by atoms with Gasteiger partial charge in [0.2, 0.25) is 7.37 Å². The summed E-state index contributed by atoms with van der Waals surface area (Å²) in [5.41, 5.74) is 0. The maximum atomic E-state index is 11.1. The minimum Gasteiger partial charge on any atom is -0.332 e. The van der Waals surface area contributed by atoms with Gasteiger partial charge in [-0.1, -0.05) is 6.92 Å². The first-order valence-corrected chi connectivity index (χ1v) is 4.75. The highest BCUT2D eigenvalue weighted by Gasteiger charge is 2.16. The number of hydrogen-bond donors (Lipinski definition) is 0. The maximum Gasteiger partial charge on any atom is 0.209 e. The lowest BCUT2D eigenvalue weighted by molar-refractivity contribution is -0.105. The molecule has 0 aromatic heterocycles. The number of carbonyl (C=O) groups excluding carboxylic acids is 1. The summed E-state index contributed by atoms with van der Waals surface area (Å²) >= 11 is 0. The molecule has 0 aliphatic rings. The first kappa shape index (κ1) is 8.86. The Morgan fingerprint density at radius 1 is 1.67 bits per heavy atom. The highest BCUT2D eigenvalue weighted by Crippen LogP contribution is 2.43. The van der Waals surface area contributed by atoms with Crippen LogP contribution in [0.25, 0.3) is 0 Å². The summed E-state index contributed by atoms with van der Waals surface area (Å²) in [5.74, 6) is 0. The van der Waals surface area contributed by atoms with Gasteiger partial charge in [-0.3, -0.25) is 4.57 Å². The van der Waals surface area contributed by atoms with Crippen molar-refractivity contribution in [1.82, 2.24) is 0 Å². The highest BCUT2D eigenvalue weighted by atomic mass is 31.2. The molecule has 0 saturated heterocycles. The second-order valence-corrected chi connectivity index (χ2v) is 4.65. The Bertz CT molecular complexity index is 124.